The molecule has 2 heterocycles. The zero-order valence-corrected chi connectivity index (χ0v) is 10.2. The van der Waals surface area contributed by atoms with Gasteiger partial charge in [-0.25, -0.2) is 0 Å². The number of pyridine rings is 1. The van der Waals surface area contributed by atoms with Gasteiger partial charge < -0.3 is 9.63 Å². The van der Waals surface area contributed by atoms with Gasteiger partial charge in [0.1, 0.15) is 0 Å². The first-order chi connectivity index (χ1) is 9.24. The highest BCUT2D eigenvalue weighted by molar-refractivity contribution is 5.70. The van der Waals surface area contributed by atoms with Gasteiger partial charge in [0, 0.05) is 23.9 Å². The molecule has 1 N–H and O–H groups in total. The van der Waals surface area contributed by atoms with E-state index in [0.717, 1.165) is 12.0 Å². The van der Waals surface area contributed by atoms with Crippen LogP contribution >= 0.6 is 0 Å². The summed E-state index contributed by atoms with van der Waals surface area (Å²) in [6.07, 6.45) is 5.38. The fraction of sp³-hybridized carbons (Fsp3) is 0.385. The predicted octanol–water partition coefficient (Wildman–Crippen LogP) is 2.10. The van der Waals surface area contributed by atoms with Crippen molar-refractivity contribution < 1.29 is 14.4 Å². The molecule has 3 rings (SSSR count). The predicted molar refractivity (Wildman–Crippen MR) is 65.2 cm³/mol. The Kier molecular flexibility index (Phi) is 2.98. The van der Waals surface area contributed by atoms with E-state index >= 15 is 0 Å². The summed E-state index contributed by atoms with van der Waals surface area (Å²) in [5.74, 6) is 0.0525. The number of nitrogens with zero attached hydrogens (tertiary/aromatic N) is 3. The first-order valence-corrected chi connectivity index (χ1v) is 6.21. The monoisotopic (exact) mass is 259 g/mol. The molecule has 0 bridgehead atoms. The molecule has 0 spiro atoms. The van der Waals surface area contributed by atoms with Crippen LogP contribution in [0.3, 0.4) is 0 Å². The van der Waals surface area contributed by atoms with E-state index in [1.807, 2.05) is 6.07 Å². The molecule has 2 aromatic rings. The fourth-order valence-electron chi connectivity index (χ4n) is 2.44. The molecule has 98 valence electrons. The number of rotatable bonds is 3. The first-order valence-electron chi connectivity index (χ1n) is 6.21. The van der Waals surface area contributed by atoms with Gasteiger partial charge in [0.15, 0.2) is 0 Å². The molecule has 2 atom stereocenters. The SMILES string of the molecule is O=C(O)C1CCC(c2nc(-c3cccnc3)no2)C1. The van der Waals surface area contributed by atoms with E-state index in [1.165, 1.54) is 0 Å². The van der Waals surface area contributed by atoms with E-state index in [9.17, 15) is 4.79 Å². The van der Waals surface area contributed by atoms with Gasteiger partial charge >= 0.3 is 5.97 Å². The van der Waals surface area contributed by atoms with Crippen LogP contribution in [-0.2, 0) is 4.79 Å². The van der Waals surface area contributed by atoms with Crippen molar-refractivity contribution in [1.29, 1.82) is 0 Å². The topological polar surface area (TPSA) is 89.1 Å². The molecule has 19 heavy (non-hydrogen) atoms. The summed E-state index contributed by atoms with van der Waals surface area (Å²) >= 11 is 0. The summed E-state index contributed by atoms with van der Waals surface area (Å²) in [5.41, 5.74) is 0.797. The van der Waals surface area contributed by atoms with Gasteiger partial charge in [-0.15, -0.1) is 0 Å². The van der Waals surface area contributed by atoms with Crippen molar-refractivity contribution in [2.75, 3.05) is 0 Å². The number of hydrogen-bond donors (Lipinski definition) is 1. The number of carboxylic acids is 1. The minimum atomic E-state index is -0.741. The lowest BCUT2D eigenvalue weighted by atomic mass is 10.1. The second-order valence-electron chi connectivity index (χ2n) is 4.74. The molecule has 6 nitrogen and oxygen atoms in total. The van der Waals surface area contributed by atoms with Gasteiger partial charge in [-0.1, -0.05) is 5.16 Å². The zero-order valence-electron chi connectivity index (χ0n) is 10.2. The van der Waals surface area contributed by atoms with E-state index in [4.69, 9.17) is 9.63 Å². The van der Waals surface area contributed by atoms with Crippen molar-refractivity contribution in [2.24, 2.45) is 5.92 Å². The molecule has 2 unspecified atom stereocenters. The maximum atomic E-state index is 10.9. The van der Waals surface area contributed by atoms with Crippen LogP contribution in [0, 0.1) is 5.92 Å². The Balaban J connectivity index is 1.78. The average molecular weight is 259 g/mol. The Morgan fingerprint density at radius 3 is 3.00 bits per heavy atom. The summed E-state index contributed by atoms with van der Waals surface area (Å²) in [7, 11) is 0. The zero-order chi connectivity index (χ0) is 13.2. The second-order valence-corrected chi connectivity index (χ2v) is 4.74. The van der Waals surface area contributed by atoms with Crippen molar-refractivity contribution >= 4 is 5.97 Å². The molecule has 1 aliphatic carbocycles. The highest BCUT2D eigenvalue weighted by Gasteiger charge is 2.33. The van der Waals surface area contributed by atoms with Crippen molar-refractivity contribution in [1.82, 2.24) is 15.1 Å². The van der Waals surface area contributed by atoms with E-state index in [-0.39, 0.29) is 11.8 Å². The summed E-state index contributed by atoms with van der Waals surface area (Å²) < 4.78 is 5.25. The number of carboxylic acid groups (broad SMARTS) is 1. The van der Waals surface area contributed by atoms with Crippen LogP contribution in [0.1, 0.15) is 31.1 Å². The third-order valence-electron chi connectivity index (χ3n) is 3.49. The third kappa shape index (κ3) is 2.33. The van der Waals surface area contributed by atoms with Crippen LogP contribution in [0.4, 0.5) is 0 Å². The van der Waals surface area contributed by atoms with E-state index in [1.54, 1.807) is 18.5 Å². The lowest BCUT2D eigenvalue weighted by Crippen LogP contribution is -2.09. The molecule has 1 fully saturated rings. The normalized spacial score (nSPS) is 22.5. The largest absolute Gasteiger partial charge is 0.481 e. The molecule has 0 radical (unpaired) electrons. The summed E-state index contributed by atoms with van der Waals surface area (Å²) in [6, 6.07) is 3.66. The number of carbonyl (C=O) groups is 1. The van der Waals surface area contributed by atoms with Crippen LogP contribution < -0.4 is 0 Å². The minimum absolute atomic E-state index is 0.0546. The van der Waals surface area contributed by atoms with Crippen LogP contribution in [0.15, 0.2) is 29.0 Å². The Bertz CT molecular complexity index is 582. The van der Waals surface area contributed by atoms with Gasteiger partial charge in [-0.05, 0) is 31.4 Å². The lowest BCUT2D eigenvalue weighted by Gasteiger charge is -2.02. The number of hydrogen-bond acceptors (Lipinski definition) is 5. The Morgan fingerprint density at radius 1 is 1.42 bits per heavy atom. The van der Waals surface area contributed by atoms with Gasteiger partial charge in [0.25, 0.3) is 0 Å². The highest BCUT2D eigenvalue weighted by atomic mass is 16.5. The van der Waals surface area contributed by atoms with Gasteiger partial charge in [0.05, 0.1) is 5.92 Å². The number of aliphatic carboxylic acids is 1. The van der Waals surface area contributed by atoms with Crippen LogP contribution in [0.25, 0.3) is 11.4 Å². The first kappa shape index (κ1) is 11.8. The van der Waals surface area contributed by atoms with Crippen LogP contribution in [-0.4, -0.2) is 26.2 Å². The summed E-state index contributed by atoms with van der Waals surface area (Å²) in [5, 5.41) is 12.9. The Hall–Kier alpha value is -2.24. The van der Waals surface area contributed by atoms with Crippen LogP contribution in [0.5, 0.6) is 0 Å². The smallest absolute Gasteiger partial charge is 0.306 e. The van der Waals surface area contributed by atoms with Crippen molar-refractivity contribution in [3.05, 3.63) is 30.4 Å². The van der Waals surface area contributed by atoms with Gasteiger partial charge in [0.2, 0.25) is 11.7 Å². The molecule has 0 aromatic carbocycles. The summed E-state index contributed by atoms with van der Waals surface area (Å²) in [6.45, 7) is 0. The maximum Gasteiger partial charge on any atom is 0.306 e. The van der Waals surface area contributed by atoms with Gasteiger partial charge in [-0.2, -0.15) is 4.98 Å². The lowest BCUT2D eigenvalue weighted by molar-refractivity contribution is -0.141. The Labute approximate surface area is 109 Å². The molecule has 0 amide bonds. The van der Waals surface area contributed by atoms with Crippen LogP contribution in [0.2, 0.25) is 0 Å². The second kappa shape index (κ2) is 4.79. The van der Waals surface area contributed by atoms with Gasteiger partial charge in [-0.3, -0.25) is 9.78 Å². The Morgan fingerprint density at radius 2 is 2.32 bits per heavy atom. The van der Waals surface area contributed by atoms with Crippen molar-refractivity contribution in [3.8, 4) is 11.4 Å². The molecule has 1 saturated carbocycles. The summed E-state index contributed by atoms with van der Waals surface area (Å²) in [4.78, 5) is 19.3. The minimum Gasteiger partial charge on any atom is -0.481 e. The fourth-order valence-corrected chi connectivity index (χ4v) is 2.44. The van der Waals surface area contributed by atoms with E-state index in [2.05, 4.69) is 15.1 Å². The third-order valence-corrected chi connectivity index (χ3v) is 3.49. The van der Waals surface area contributed by atoms with E-state index in [0.29, 0.717) is 24.6 Å². The van der Waals surface area contributed by atoms with E-state index < -0.39 is 5.97 Å². The standard InChI is InChI=1S/C13H13N3O3/c17-13(18)9-4-3-8(6-9)12-15-11(16-19-12)10-2-1-5-14-7-10/h1-2,5,7-9H,3-4,6H2,(H,17,18). The van der Waals surface area contributed by atoms with Crippen molar-refractivity contribution in [2.45, 2.75) is 25.2 Å². The van der Waals surface area contributed by atoms with Crippen molar-refractivity contribution in [3.63, 3.8) is 0 Å². The highest BCUT2D eigenvalue weighted by Crippen LogP contribution is 2.38. The number of aromatic nitrogens is 3. The molecule has 2 aromatic heterocycles. The average Bonchev–Trinajstić information content (AvgIpc) is 3.09. The molecule has 0 aliphatic heterocycles. The molecule has 0 saturated heterocycles. The molecular formula is C13H13N3O3. The molecule has 1 aliphatic rings. The molecule has 6 heteroatoms. The molecular weight excluding hydrogens is 246 g/mol. The maximum absolute atomic E-state index is 10.9. The quantitative estimate of drug-likeness (QED) is 0.907.